The van der Waals surface area contributed by atoms with Crippen LogP contribution in [0.1, 0.15) is 57.8 Å². The molecule has 0 aliphatic carbocycles. The fraction of sp³-hybridized carbons (Fsp3) is 0.455. The van der Waals surface area contributed by atoms with Crippen LogP contribution in [0, 0.1) is 5.82 Å². The van der Waals surface area contributed by atoms with E-state index >= 15 is 0 Å². The molecule has 0 bridgehead atoms. The number of thiazole rings is 1. The summed E-state index contributed by atoms with van der Waals surface area (Å²) < 4.78 is 21.4. The van der Waals surface area contributed by atoms with Crippen LogP contribution >= 0.6 is 22.7 Å². The Kier molecular flexibility index (Phi) is 9.69. The number of morpholine rings is 1. The first kappa shape index (κ1) is 31.8. The molecule has 0 unspecified atom stereocenters. The van der Waals surface area contributed by atoms with Crippen LogP contribution in [0.4, 0.5) is 4.39 Å². The summed E-state index contributed by atoms with van der Waals surface area (Å²) in [6.45, 7) is 6.91. The number of rotatable bonds is 10. The summed E-state index contributed by atoms with van der Waals surface area (Å²) in [5, 5.41) is 25.9. The van der Waals surface area contributed by atoms with Gasteiger partial charge in [0.2, 0.25) is 0 Å². The summed E-state index contributed by atoms with van der Waals surface area (Å²) in [4.78, 5) is 32.7. The van der Waals surface area contributed by atoms with Crippen LogP contribution in [0.15, 0.2) is 46.6 Å². The lowest BCUT2D eigenvalue weighted by atomic mass is 9.89. The highest BCUT2D eigenvalue weighted by Gasteiger charge is 2.41. The van der Waals surface area contributed by atoms with Crippen LogP contribution in [0.2, 0.25) is 0 Å². The standard InChI is InChI=1S/C33H39FN4O5S2/c1-2-25-16-23(19-44-25)31(41)38-11-12-43-33(20-38)6-9-37(10-7-33)18-22-13-21(14-24(34)15-22)5-8-35-17-28(40)26-3-4-27(39)29-30(26)45-32(42)36-29/h3-4,13-16,19,28,35,39-40H,2,5-12,17-18,20H2,1H3,(H,36,42)/t28-/m0/s1. The average molecular weight is 655 g/mol. The van der Waals surface area contributed by atoms with Gasteiger partial charge in [0.15, 0.2) is 0 Å². The molecule has 0 radical (unpaired) electrons. The third-order valence-electron chi connectivity index (χ3n) is 8.85. The lowest BCUT2D eigenvalue weighted by Gasteiger charge is -2.47. The third kappa shape index (κ3) is 7.32. The molecular weight excluding hydrogens is 616 g/mol. The Morgan fingerprint density at radius 1 is 1.18 bits per heavy atom. The number of amides is 1. The highest BCUT2D eigenvalue weighted by molar-refractivity contribution is 7.16. The molecule has 4 N–H and O–H groups in total. The van der Waals surface area contributed by atoms with Crippen molar-refractivity contribution in [1.29, 1.82) is 0 Å². The fourth-order valence-electron chi connectivity index (χ4n) is 6.39. The predicted molar refractivity (Wildman–Crippen MR) is 175 cm³/mol. The number of aromatic hydroxyl groups is 1. The molecule has 6 rings (SSSR count). The first-order chi connectivity index (χ1) is 21.7. The number of nitrogens with one attached hydrogen (secondary N) is 2. The SMILES string of the molecule is CCc1cc(C(=O)N2CCOC3(CCN(Cc4cc(F)cc(CCNC[C@H](O)c5ccc(O)c6[nH]c(=O)sc56)c4)CC3)C2)cs1. The van der Waals surface area contributed by atoms with E-state index < -0.39 is 6.10 Å². The molecule has 2 fully saturated rings. The van der Waals surface area contributed by atoms with Crippen LogP contribution in [0.25, 0.3) is 10.2 Å². The number of thiophene rings is 1. The second-order valence-corrected chi connectivity index (χ2v) is 14.0. The van der Waals surface area contributed by atoms with Gasteiger partial charge in [-0.25, -0.2) is 4.39 Å². The summed E-state index contributed by atoms with van der Waals surface area (Å²) in [5.74, 6) is -0.211. The number of likely N-dealkylation sites (tertiary alicyclic amines) is 1. The molecule has 9 nitrogen and oxygen atoms in total. The van der Waals surface area contributed by atoms with Gasteiger partial charge in [0.05, 0.1) is 35.1 Å². The number of aryl methyl sites for hydroxylation is 1. The van der Waals surface area contributed by atoms with E-state index in [9.17, 15) is 24.2 Å². The Morgan fingerprint density at radius 2 is 1.98 bits per heavy atom. The van der Waals surface area contributed by atoms with Gasteiger partial charge in [0.1, 0.15) is 17.1 Å². The van der Waals surface area contributed by atoms with Gasteiger partial charge < -0.3 is 30.2 Å². The summed E-state index contributed by atoms with van der Waals surface area (Å²) in [7, 11) is 0. The quantitative estimate of drug-likeness (QED) is 0.187. The Labute approximate surface area is 269 Å². The molecule has 4 aromatic rings. The van der Waals surface area contributed by atoms with Crippen molar-refractivity contribution in [3.05, 3.63) is 84.4 Å². The number of carbonyl (C=O) groups excluding carboxylic acids is 1. The van der Waals surface area contributed by atoms with E-state index in [0.29, 0.717) is 55.0 Å². The van der Waals surface area contributed by atoms with Crippen molar-refractivity contribution in [2.24, 2.45) is 0 Å². The van der Waals surface area contributed by atoms with E-state index in [0.717, 1.165) is 60.4 Å². The number of aromatic amines is 1. The molecule has 12 heteroatoms. The third-order valence-corrected chi connectivity index (χ3v) is 10.9. The van der Waals surface area contributed by atoms with E-state index in [4.69, 9.17) is 4.74 Å². The van der Waals surface area contributed by atoms with E-state index in [1.165, 1.54) is 10.9 Å². The number of phenols is 1. The number of aromatic nitrogens is 1. The molecule has 0 saturated carbocycles. The number of aliphatic hydroxyl groups is 1. The Balaban J connectivity index is 0.990. The number of piperidine rings is 1. The first-order valence-electron chi connectivity index (χ1n) is 15.5. The zero-order valence-electron chi connectivity index (χ0n) is 25.3. The number of hydrogen-bond acceptors (Lipinski definition) is 9. The number of ether oxygens (including phenoxy) is 1. The number of carbonyl (C=O) groups is 1. The summed E-state index contributed by atoms with van der Waals surface area (Å²) in [6, 6.07) is 10.3. The van der Waals surface area contributed by atoms with E-state index in [2.05, 4.69) is 22.1 Å². The highest BCUT2D eigenvalue weighted by atomic mass is 32.1. The van der Waals surface area contributed by atoms with Crippen LogP contribution < -0.4 is 10.2 Å². The maximum Gasteiger partial charge on any atom is 0.305 e. The molecule has 2 saturated heterocycles. The minimum Gasteiger partial charge on any atom is -0.506 e. The lowest BCUT2D eigenvalue weighted by Crippen LogP contribution is -2.57. The summed E-state index contributed by atoms with van der Waals surface area (Å²) in [6.07, 6.45) is 2.29. The van der Waals surface area contributed by atoms with Gasteiger partial charge in [0.25, 0.3) is 5.91 Å². The van der Waals surface area contributed by atoms with Crippen molar-refractivity contribution in [1.82, 2.24) is 20.1 Å². The molecule has 2 aliphatic rings. The van der Waals surface area contributed by atoms with E-state index in [1.54, 1.807) is 29.5 Å². The van der Waals surface area contributed by atoms with Gasteiger partial charge >= 0.3 is 4.87 Å². The zero-order valence-corrected chi connectivity index (χ0v) is 26.9. The molecule has 1 amide bonds. The Morgan fingerprint density at radius 3 is 2.76 bits per heavy atom. The molecule has 2 aliphatic heterocycles. The van der Waals surface area contributed by atoms with Gasteiger partial charge in [-0.2, -0.15) is 0 Å². The van der Waals surface area contributed by atoms with Crippen molar-refractivity contribution in [2.75, 3.05) is 45.9 Å². The Hall–Kier alpha value is -3.13. The molecule has 240 valence electrons. The number of hydrogen-bond donors (Lipinski definition) is 4. The number of fused-ring (bicyclic) bond motifs is 1. The predicted octanol–water partition coefficient (Wildman–Crippen LogP) is 4.43. The lowest BCUT2D eigenvalue weighted by molar-refractivity contribution is -0.127. The second-order valence-electron chi connectivity index (χ2n) is 12.0. The molecule has 1 spiro atoms. The number of benzene rings is 2. The van der Waals surface area contributed by atoms with Gasteiger partial charge in [-0.1, -0.05) is 30.4 Å². The highest BCUT2D eigenvalue weighted by Crippen LogP contribution is 2.33. The summed E-state index contributed by atoms with van der Waals surface area (Å²) in [5.41, 5.74) is 3.14. The molecule has 4 heterocycles. The minimum atomic E-state index is -0.868. The average Bonchev–Trinajstić information content (AvgIpc) is 3.67. The first-order valence-corrected chi connectivity index (χ1v) is 17.2. The number of nitrogens with zero attached hydrogens (tertiary/aromatic N) is 2. The Bertz CT molecular complexity index is 1710. The van der Waals surface area contributed by atoms with Crippen molar-refractivity contribution >= 4 is 38.8 Å². The minimum absolute atomic E-state index is 0.0288. The van der Waals surface area contributed by atoms with Gasteiger partial charge in [0, 0.05) is 48.5 Å². The van der Waals surface area contributed by atoms with Crippen LogP contribution in [-0.2, 0) is 24.1 Å². The van der Waals surface area contributed by atoms with Gasteiger partial charge in [-0.3, -0.25) is 14.5 Å². The smallest absolute Gasteiger partial charge is 0.305 e. The topological polar surface area (TPSA) is 118 Å². The second kappa shape index (κ2) is 13.7. The number of aliphatic hydroxyl groups excluding tert-OH is 1. The van der Waals surface area contributed by atoms with E-state index in [-0.39, 0.29) is 34.5 Å². The molecule has 2 aromatic carbocycles. The van der Waals surface area contributed by atoms with Gasteiger partial charge in [-0.05, 0) is 67.6 Å². The van der Waals surface area contributed by atoms with Gasteiger partial charge in [-0.15, -0.1) is 11.3 Å². The van der Waals surface area contributed by atoms with Crippen molar-refractivity contribution in [3.63, 3.8) is 0 Å². The molecule has 2 aromatic heterocycles. The van der Waals surface area contributed by atoms with Crippen molar-refractivity contribution in [2.45, 2.75) is 50.9 Å². The molecule has 1 atom stereocenters. The van der Waals surface area contributed by atoms with Crippen LogP contribution in [0.5, 0.6) is 5.75 Å². The largest absolute Gasteiger partial charge is 0.506 e. The number of halogens is 1. The summed E-state index contributed by atoms with van der Waals surface area (Å²) >= 11 is 2.59. The number of H-pyrrole nitrogens is 1. The van der Waals surface area contributed by atoms with Crippen molar-refractivity contribution < 1.29 is 24.1 Å². The molecule has 45 heavy (non-hydrogen) atoms. The van der Waals surface area contributed by atoms with Crippen LogP contribution in [0.3, 0.4) is 0 Å². The molecular formula is C33H39FN4O5S2. The van der Waals surface area contributed by atoms with Crippen molar-refractivity contribution in [3.8, 4) is 5.75 Å². The zero-order chi connectivity index (χ0) is 31.6. The number of phenolic OH excluding ortho intramolecular Hbond substituents is 1. The maximum absolute atomic E-state index is 14.6. The normalized spacial score (nSPS) is 17.7. The van der Waals surface area contributed by atoms with Crippen LogP contribution in [-0.4, -0.2) is 82.4 Å². The fourth-order valence-corrected chi connectivity index (χ4v) is 8.12. The van der Waals surface area contributed by atoms with E-state index in [1.807, 2.05) is 22.4 Å². The maximum atomic E-state index is 14.6. The monoisotopic (exact) mass is 654 g/mol.